The Hall–Kier alpha value is -1.87. The summed E-state index contributed by atoms with van der Waals surface area (Å²) in [4.78, 5) is 4.51. The molecule has 2 aromatic heterocycles. The number of hydrogen-bond donors (Lipinski definition) is 1. The van der Waals surface area contributed by atoms with Crippen molar-refractivity contribution < 1.29 is 5.11 Å². The lowest BCUT2D eigenvalue weighted by atomic mass is 10.1. The van der Waals surface area contributed by atoms with Crippen LogP contribution in [0.4, 0.5) is 0 Å². The van der Waals surface area contributed by atoms with E-state index in [-0.39, 0.29) is 6.61 Å². The Morgan fingerprint density at radius 3 is 2.75 bits per heavy atom. The van der Waals surface area contributed by atoms with Gasteiger partial charge in [-0.25, -0.2) is 0 Å². The smallest absolute Gasteiger partial charge is 0.0853 e. The van der Waals surface area contributed by atoms with Crippen LogP contribution in [0.2, 0.25) is 0 Å². The average Bonchev–Trinajstić information content (AvgIpc) is 2.80. The van der Waals surface area contributed by atoms with Crippen molar-refractivity contribution in [2.24, 2.45) is 0 Å². The molecular weight excluding hydrogens is 248 g/mol. The summed E-state index contributed by atoms with van der Waals surface area (Å²) in [5, 5.41) is 11.8. The summed E-state index contributed by atoms with van der Waals surface area (Å²) in [7, 11) is 0. The van der Waals surface area contributed by atoms with Crippen molar-refractivity contribution in [3.8, 4) is 0 Å². The molecule has 104 valence electrons. The average molecular weight is 268 g/mol. The first kappa shape index (κ1) is 13.1. The molecule has 0 radical (unpaired) electrons. The predicted octanol–water partition coefficient (Wildman–Crippen LogP) is 3.79. The number of pyridine rings is 1. The van der Waals surface area contributed by atoms with Crippen molar-refractivity contribution in [1.29, 1.82) is 0 Å². The summed E-state index contributed by atoms with van der Waals surface area (Å²) in [6, 6.07) is 10.5. The van der Waals surface area contributed by atoms with Gasteiger partial charge in [0.1, 0.15) is 0 Å². The molecule has 3 nitrogen and oxygen atoms in total. The second kappa shape index (κ2) is 5.25. The van der Waals surface area contributed by atoms with Crippen LogP contribution in [0.3, 0.4) is 0 Å². The number of nitrogens with zero attached hydrogens (tertiary/aromatic N) is 2. The van der Waals surface area contributed by atoms with Gasteiger partial charge in [-0.1, -0.05) is 31.5 Å². The van der Waals surface area contributed by atoms with Crippen LogP contribution < -0.4 is 0 Å². The van der Waals surface area contributed by atoms with Crippen molar-refractivity contribution in [2.75, 3.05) is 0 Å². The molecule has 0 amide bonds. The second-order valence-corrected chi connectivity index (χ2v) is 5.28. The van der Waals surface area contributed by atoms with Gasteiger partial charge in [-0.15, -0.1) is 0 Å². The van der Waals surface area contributed by atoms with Gasteiger partial charge in [0, 0.05) is 22.8 Å². The molecule has 0 aliphatic rings. The van der Waals surface area contributed by atoms with Crippen LogP contribution in [0, 0.1) is 6.92 Å². The Kier molecular flexibility index (Phi) is 3.45. The minimum absolute atomic E-state index is 0.00868. The van der Waals surface area contributed by atoms with Crippen LogP contribution in [-0.2, 0) is 13.2 Å². The number of rotatable bonds is 4. The van der Waals surface area contributed by atoms with E-state index in [2.05, 4.69) is 40.7 Å². The maximum Gasteiger partial charge on any atom is 0.0853 e. The minimum Gasteiger partial charge on any atom is -0.390 e. The molecule has 0 bridgehead atoms. The second-order valence-electron chi connectivity index (χ2n) is 5.28. The number of para-hydroxylation sites is 1. The van der Waals surface area contributed by atoms with Gasteiger partial charge in [-0.3, -0.25) is 4.98 Å². The fraction of sp³-hybridized carbons (Fsp3) is 0.353. The van der Waals surface area contributed by atoms with Gasteiger partial charge < -0.3 is 9.67 Å². The lowest BCUT2D eigenvalue weighted by Crippen LogP contribution is -2.00. The molecule has 1 aromatic carbocycles. The number of aromatic nitrogens is 2. The molecule has 3 rings (SSSR count). The van der Waals surface area contributed by atoms with E-state index in [0.717, 1.165) is 24.4 Å². The van der Waals surface area contributed by atoms with E-state index in [1.165, 1.54) is 28.2 Å². The number of aliphatic hydroxyl groups is 1. The van der Waals surface area contributed by atoms with Crippen LogP contribution in [0.5, 0.6) is 0 Å². The first-order chi connectivity index (χ1) is 9.76. The number of aryl methyl sites for hydroxylation is 2. The standard InChI is InChI=1S/C17H20N2O/c1-3-4-9-19-16-8-6-5-7-14(16)15-10-13(11-20)18-12(2)17(15)19/h5-8,10,20H,3-4,9,11H2,1-2H3. The summed E-state index contributed by atoms with van der Waals surface area (Å²) in [6.07, 6.45) is 2.34. The molecule has 3 aromatic rings. The molecule has 0 saturated carbocycles. The third kappa shape index (κ3) is 1.98. The van der Waals surface area contributed by atoms with Gasteiger partial charge in [0.25, 0.3) is 0 Å². The molecule has 0 saturated heterocycles. The van der Waals surface area contributed by atoms with Crippen molar-refractivity contribution in [3.05, 3.63) is 41.7 Å². The molecular formula is C17H20N2O. The largest absolute Gasteiger partial charge is 0.390 e. The van der Waals surface area contributed by atoms with Crippen molar-refractivity contribution in [2.45, 2.75) is 39.8 Å². The molecule has 1 N–H and O–H groups in total. The van der Waals surface area contributed by atoms with Gasteiger partial charge in [-0.05, 0) is 25.5 Å². The SMILES string of the molecule is CCCCn1c2ccccc2c2cc(CO)nc(C)c21. The topological polar surface area (TPSA) is 38.0 Å². The highest BCUT2D eigenvalue weighted by molar-refractivity contribution is 6.08. The monoisotopic (exact) mass is 268 g/mol. The predicted molar refractivity (Wildman–Crippen MR) is 82.8 cm³/mol. The molecule has 20 heavy (non-hydrogen) atoms. The van der Waals surface area contributed by atoms with E-state index in [1.807, 2.05) is 13.0 Å². The maximum atomic E-state index is 9.37. The molecule has 3 heteroatoms. The number of hydrogen-bond acceptors (Lipinski definition) is 2. The third-order valence-corrected chi connectivity index (χ3v) is 3.87. The van der Waals surface area contributed by atoms with Crippen LogP contribution >= 0.6 is 0 Å². The van der Waals surface area contributed by atoms with Gasteiger partial charge in [0.05, 0.1) is 23.5 Å². The highest BCUT2D eigenvalue weighted by atomic mass is 16.3. The molecule has 0 aliphatic heterocycles. The van der Waals surface area contributed by atoms with Gasteiger partial charge in [0.2, 0.25) is 0 Å². The van der Waals surface area contributed by atoms with E-state index in [9.17, 15) is 5.11 Å². The van der Waals surface area contributed by atoms with Crippen LogP contribution in [0.25, 0.3) is 21.8 Å². The number of fused-ring (bicyclic) bond motifs is 3. The zero-order valence-corrected chi connectivity index (χ0v) is 12.1. The highest BCUT2D eigenvalue weighted by Gasteiger charge is 2.13. The molecule has 2 heterocycles. The fourth-order valence-corrected chi connectivity index (χ4v) is 2.96. The summed E-state index contributed by atoms with van der Waals surface area (Å²) in [5.41, 5.74) is 4.21. The van der Waals surface area contributed by atoms with Crippen LogP contribution in [0.15, 0.2) is 30.3 Å². The quantitative estimate of drug-likeness (QED) is 0.781. The van der Waals surface area contributed by atoms with Crippen molar-refractivity contribution in [1.82, 2.24) is 9.55 Å². The Balaban J connectivity index is 2.38. The highest BCUT2D eigenvalue weighted by Crippen LogP contribution is 2.31. The molecule has 0 unspecified atom stereocenters. The summed E-state index contributed by atoms with van der Waals surface area (Å²) >= 11 is 0. The van der Waals surface area contributed by atoms with Crippen molar-refractivity contribution in [3.63, 3.8) is 0 Å². The van der Waals surface area contributed by atoms with E-state index < -0.39 is 0 Å². The van der Waals surface area contributed by atoms with Crippen molar-refractivity contribution >= 4 is 21.8 Å². The van der Waals surface area contributed by atoms with E-state index >= 15 is 0 Å². The minimum atomic E-state index is -0.00868. The Morgan fingerprint density at radius 1 is 1.20 bits per heavy atom. The van der Waals surface area contributed by atoms with Gasteiger partial charge in [0.15, 0.2) is 0 Å². The molecule has 0 fully saturated rings. The molecule has 0 aliphatic carbocycles. The fourth-order valence-electron chi connectivity index (χ4n) is 2.96. The summed E-state index contributed by atoms with van der Waals surface area (Å²) < 4.78 is 2.37. The molecule has 0 atom stereocenters. The number of unbranched alkanes of at least 4 members (excludes halogenated alkanes) is 1. The van der Waals surface area contributed by atoms with E-state index in [1.54, 1.807) is 0 Å². The Morgan fingerprint density at radius 2 is 2.00 bits per heavy atom. The summed E-state index contributed by atoms with van der Waals surface area (Å²) in [5.74, 6) is 0. The van der Waals surface area contributed by atoms with Crippen LogP contribution in [0.1, 0.15) is 31.2 Å². The Labute approximate surface area is 118 Å². The number of benzene rings is 1. The number of aliphatic hydroxyl groups excluding tert-OH is 1. The zero-order chi connectivity index (χ0) is 14.1. The van der Waals surface area contributed by atoms with E-state index in [0.29, 0.717) is 0 Å². The first-order valence-corrected chi connectivity index (χ1v) is 7.24. The maximum absolute atomic E-state index is 9.37. The molecule has 0 spiro atoms. The summed E-state index contributed by atoms with van der Waals surface area (Å²) in [6.45, 7) is 5.25. The lowest BCUT2D eigenvalue weighted by molar-refractivity contribution is 0.277. The van der Waals surface area contributed by atoms with E-state index in [4.69, 9.17) is 0 Å². The third-order valence-electron chi connectivity index (χ3n) is 3.87. The lowest BCUT2D eigenvalue weighted by Gasteiger charge is -2.08. The van der Waals surface area contributed by atoms with Crippen LogP contribution in [-0.4, -0.2) is 14.7 Å². The zero-order valence-electron chi connectivity index (χ0n) is 12.1. The van der Waals surface area contributed by atoms with Gasteiger partial charge in [-0.2, -0.15) is 0 Å². The Bertz CT molecular complexity index is 758. The van der Waals surface area contributed by atoms with Gasteiger partial charge >= 0.3 is 0 Å². The first-order valence-electron chi connectivity index (χ1n) is 7.24. The normalized spacial score (nSPS) is 11.6.